The van der Waals surface area contributed by atoms with Gasteiger partial charge in [-0.15, -0.1) is 0 Å². The molecule has 0 unspecified atom stereocenters. The number of thiol groups is 1. The first-order chi connectivity index (χ1) is 6.77. The Balaban J connectivity index is 0.000000249. The highest BCUT2D eigenvalue weighted by Crippen LogP contribution is 1.80. The van der Waals surface area contributed by atoms with Crippen LogP contribution in [0.1, 0.15) is 19.8 Å². The third kappa shape index (κ3) is 11.1. The number of benzene rings is 1. The fourth-order valence-corrected chi connectivity index (χ4v) is 1.07. The van der Waals surface area contributed by atoms with Gasteiger partial charge in [-0.1, -0.05) is 49.7 Å². The topological polar surface area (TPSA) is 46.2 Å². The molecule has 0 amide bonds. The van der Waals surface area contributed by atoms with Crippen molar-refractivity contribution in [1.82, 2.24) is 4.72 Å². The molecule has 0 atom stereocenters. The van der Waals surface area contributed by atoms with E-state index in [0.717, 1.165) is 12.8 Å². The summed E-state index contributed by atoms with van der Waals surface area (Å²) in [6.07, 6.45) is 1.94. The van der Waals surface area contributed by atoms with Crippen molar-refractivity contribution in [2.45, 2.75) is 19.8 Å². The quantitative estimate of drug-likeness (QED) is 0.592. The summed E-state index contributed by atoms with van der Waals surface area (Å²) in [6.45, 7) is 2.59. The average Bonchev–Trinajstić information content (AvgIpc) is 2.21. The van der Waals surface area contributed by atoms with Crippen LogP contribution in [-0.2, 0) is 10.9 Å². The van der Waals surface area contributed by atoms with Crippen LogP contribution in [0.5, 0.6) is 0 Å². The third-order valence-corrected chi connectivity index (χ3v) is 1.92. The van der Waals surface area contributed by atoms with Gasteiger partial charge in [-0.05, 0) is 6.42 Å². The van der Waals surface area contributed by atoms with E-state index in [1.165, 1.54) is 0 Å². The summed E-state index contributed by atoms with van der Waals surface area (Å²) < 4.78 is 21.9. The van der Waals surface area contributed by atoms with Crippen molar-refractivity contribution in [1.29, 1.82) is 0 Å². The summed E-state index contributed by atoms with van der Waals surface area (Å²) >= 11 is 0. The Labute approximate surface area is 87.2 Å². The SMILES string of the molecule is CCCCN[SH](=O)=O.c1ccccc1. The highest BCUT2D eigenvalue weighted by Gasteiger charge is 1.81. The summed E-state index contributed by atoms with van der Waals surface area (Å²) in [6, 6.07) is 12.0. The van der Waals surface area contributed by atoms with E-state index in [0.29, 0.717) is 6.54 Å². The highest BCUT2D eigenvalue weighted by molar-refractivity contribution is 7.70. The molecule has 14 heavy (non-hydrogen) atoms. The smallest absolute Gasteiger partial charge is 0.201 e. The van der Waals surface area contributed by atoms with Crippen molar-refractivity contribution in [2.24, 2.45) is 0 Å². The lowest BCUT2D eigenvalue weighted by Crippen LogP contribution is -2.11. The summed E-state index contributed by atoms with van der Waals surface area (Å²) in [5.41, 5.74) is 0. The fourth-order valence-electron chi connectivity index (χ4n) is 0.732. The zero-order valence-electron chi connectivity index (χ0n) is 8.35. The largest absolute Gasteiger partial charge is 0.218 e. The predicted octanol–water partition coefficient (Wildman–Crippen LogP) is 1.59. The number of unbranched alkanes of at least 4 members (excludes halogenated alkanes) is 1. The molecule has 1 aromatic rings. The van der Waals surface area contributed by atoms with Crippen LogP contribution in [0.3, 0.4) is 0 Å². The second-order valence-electron chi connectivity index (χ2n) is 2.67. The van der Waals surface area contributed by atoms with Gasteiger partial charge in [0.2, 0.25) is 10.9 Å². The Morgan fingerprint density at radius 1 is 1.00 bits per heavy atom. The van der Waals surface area contributed by atoms with Gasteiger partial charge in [-0.25, -0.2) is 13.1 Å². The van der Waals surface area contributed by atoms with E-state index in [4.69, 9.17) is 0 Å². The lowest BCUT2D eigenvalue weighted by atomic mass is 10.3. The standard InChI is InChI=1S/C6H6.C4H11NO2S/c1-2-4-6-5-3-1;1-2-3-4-5-8(6)7/h1-6H;8H,2-4H2,1H3,(H,5,6,7). The number of hydrogen-bond acceptors (Lipinski definition) is 2. The van der Waals surface area contributed by atoms with Crippen LogP contribution < -0.4 is 4.72 Å². The maximum absolute atomic E-state index is 9.80. The molecule has 0 saturated carbocycles. The van der Waals surface area contributed by atoms with Gasteiger partial charge in [0.1, 0.15) is 0 Å². The first-order valence-electron chi connectivity index (χ1n) is 4.65. The lowest BCUT2D eigenvalue weighted by Gasteiger charge is -1.90. The van der Waals surface area contributed by atoms with E-state index in [1.54, 1.807) is 0 Å². The lowest BCUT2D eigenvalue weighted by molar-refractivity contribution is 0.598. The van der Waals surface area contributed by atoms with Gasteiger partial charge in [-0.2, -0.15) is 0 Å². The van der Waals surface area contributed by atoms with E-state index in [1.807, 2.05) is 43.3 Å². The Morgan fingerprint density at radius 2 is 1.43 bits per heavy atom. The molecule has 80 valence electrons. The van der Waals surface area contributed by atoms with Crippen LogP contribution in [-0.4, -0.2) is 15.0 Å². The monoisotopic (exact) mass is 215 g/mol. The van der Waals surface area contributed by atoms with E-state index in [-0.39, 0.29) is 0 Å². The highest BCUT2D eigenvalue weighted by atomic mass is 32.2. The molecule has 0 aliphatic rings. The van der Waals surface area contributed by atoms with Crippen molar-refractivity contribution in [3.8, 4) is 0 Å². The zero-order valence-corrected chi connectivity index (χ0v) is 9.24. The Hall–Kier alpha value is -0.870. The molecule has 0 fully saturated rings. The van der Waals surface area contributed by atoms with Crippen molar-refractivity contribution in [3.05, 3.63) is 36.4 Å². The Bertz CT molecular complexity index is 238. The van der Waals surface area contributed by atoms with Gasteiger partial charge in [0.15, 0.2) is 0 Å². The maximum atomic E-state index is 9.80. The molecular weight excluding hydrogens is 198 g/mol. The van der Waals surface area contributed by atoms with Gasteiger partial charge in [0.05, 0.1) is 0 Å². The zero-order chi connectivity index (χ0) is 10.6. The summed E-state index contributed by atoms with van der Waals surface area (Å²) in [5, 5.41) is 0. The minimum absolute atomic E-state index is 0.579. The second kappa shape index (κ2) is 10.2. The predicted molar refractivity (Wildman–Crippen MR) is 59.7 cm³/mol. The van der Waals surface area contributed by atoms with Crippen LogP contribution in [0.15, 0.2) is 36.4 Å². The first kappa shape index (κ1) is 13.1. The Morgan fingerprint density at radius 3 is 1.71 bits per heavy atom. The number of rotatable bonds is 4. The van der Waals surface area contributed by atoms with Gasteiger partial charge in [0, 0.05) is 6.54 Å². The molecule has 1 N–H and O–H groups in total. The van der Waals surface area contributed by atoms with Gasteiger partial charge < -0.3 is 0 Å². The molecule has 1 aromatic carbocycles. The molecule has 0 aromatic heterocycles. The van der Waals surface area contributed by atoms with Crippen molar-refractivity contribution < 1.29 is 8.42 Å². The van der Waals surface area contributed by atoms with E-state index in [2.05, 4.69) is 4.72 Å². The summed E-state index contributed by atoms with van der Waals surface area (Å²) in [7, 11) is -2.36. The molecule has 3 nitrogen and oxygen atoms in total. The number of hydrogen-bond donors (Lipinski definition) is 2. The van der Waals surface area contributed by atoms with Crippen LogP contribution in [0.2, 0.25) is 0 Å². The van der Waals surface area contributed by atoms with E-state index in [9.17, 15) is 8.42 Å². The molecule has 0 spiro atoms. The van der Waals surface area contributed by atoms with E-state index < -0.39 is 10.9 Å². The molecular formula is C10H17NO2S. The normalized spacial score (nSPS) is 9.29. The number of nitrogens with one attached hydrogen (secondary N) is 1. The maximum Gasteiger partial charge on any atom is 0.201 e. The first-order valence-corrected chi connectivity index (χ1v) is 5.83. The third-order valence-electron chi connectivity index (χ3n) is 1.44. The molecule has 0 radical (unpaired) electrons. The van der Waals surface area contributed by atoms with Crippen LogP contribution in [0, 0.1) is 0 Å². The minimum Gasteiger partial charge on any atom is -0.218 e. The van der Waals surface area contributed by atoms with Crippen molar-refractivity contribution >= 4 is 10.9 Å². The summed E-state index contributed by atoms with van der Waals surface area (Å²) in [5.74, 6) is 0. The van der Waals surface area contributed by atoms with Crippen LogP contribution >= 0.6 is 0 Å². The van der Waals surface area contributed by atoms with Crippen molar-refractivity contribution in [3.63, 3.8) is 0 Å². The van der Waals surface area contributed by atoms with Gasteiger partial charge in [0.25, 0.3) is 0 Å². The molecule has 0 bridgehead atoms. The second-order valence-corrected chi connectivity index (χ2v) is 3.50. The molecule has 4 heteroatoms. The average molecular weight is 215 g/mol. The molecule has 0 aliphatic carbocycles. The summed E-state index contributed by atoms with van der Waals surface area (Å²) in [4.78, 5) is 0. The minimum atomic E-state index is -2.36. The van der Waals surface area contributed by atoms with Gasteiger partial charge in [-0.3, -0.25) is 0 Å². The van der Waals surface area contributed by atoms with Gasteiger partial charge >= 0.3 is 0 Å². The van der Waals surface area contributed by atoms with E-state index >= 15 is 0 Å². The Kier molecular flexibility index (Phi) is 9.58. The molecule has 0 heterocycles. The molecule has 1 rings (SSSR count). The fraction of sp³-hybridized carbons (Fsp3) is 0.400. The van der Waals surface area contributed by atoms with Crippen LogP contribution in [0.4, 0.5) is 0 Å². The molecule has 0 saturated heterocycles. The van der Waals surface area contributed by atoms with Crippen molar-refractivity contribution in [2.75, 3.05) is 6.54 Å². The van der Waals surface area contributed by atoms with Crippen LogP contribution in [0.25, 0.3) is 0 Å². The molecule has 0 aliphatic heterocycles.